The average molecular weight is 260 g/mol. The van der Waals surface area contributed by atoms with Crippen molar-refractivity contribution in [3.63, 3.8) is 0 Å². The highest BCUT2D eigenvalue weighted by Crippen LogP contribution is 2.29. The summed E-state index contributed by atoms with van der Waals surface area (Å²) in [6, 6.07) is 9.61. The predicted octanol–water partition coefficient (Wildman–Crippen LogP) is 2.82. The number of aliphatic hydroxyl groups excluding tert-OH is 1. The molecule has 100 valence electrons. The van der Waals surface area contributed by atoms with E-state index in [1.807, 2.05) is 43.3 Å². The van der Waals surface area contributed by atoms with Crippen molar-refractivity contribution in [2.45, 2.75) is 19.4 Å². The summed E-state index contributed by atoms with van der Waals surface area (Å²) in [5.41, 5.74) is 1.78. The molecule has 0 spiro atoms. The molecule has 0 aromatic heterocycles. The van der Waals surface area contributed by atoms with Crippen molar-refractivity contribution in [3.05, 3.63) is 53.0 Å². The van der Waals surface area contributed by atoms with Crippen LogP contribution >= 0.6 is 0 Å². The molecule has 1 aliphatic heterocycles. The number of hydrogen-bond donors (Lipinski definition) is 1. The Morgan fingerprint density at radius 1 is 1.42 bits per heavy atom. The van der Waals surface area contributed by atoms with E-state index >= 15 is 0 Å². The van der Waals surface area contributed by atoms with Crippen LogP contribution in [0.5, 0.6) is 0 Å². The van der Waals surface area contributed by atoms with Crippen LogP contribution in [0.4, 0.5) is 0 Å². The first-order chi connectivity index (χ1) is 9.11. The number of hydrogen-bond acceptors (Lipinski definition) is 4. The van der Waals surface area contributed by atoms with Crippen molar-refractivity contribution < 1.29 is 19.4 Å². The van der Waals surface area contributed by atoms with E-state index in [-0.39, 0.29) is 11.7 Å². The number of benzene rings is 1. The van der Waals surface area contributed by atoms with Gasteiger partial charge in [-0.05, 0) is 18.1 Å². The van der Waals surface area contributed by atoms with E-state index in [1.54, 1.807) is 0 Å². The van der Waals surface area contributed by atoms with Gasteiger partial charge in [0.15, 0.2) is 0 Å². The van der Waals surface area contributed by atoms with Gasteiger partial charge in [0.2, 0.25) is 0 Å². The minimum Gasteiger partial charge on any atom is -0.480 e. The normalized spacial score (nSPS) is 24.0. The van der Waals surface area contributed by atoms with Crippen LogP contribution in [0.2, 0.25) is 0 Å². The van der Waals surface area contributed by atoms with Crippen molar-refractivity contribution in [3.8, 4) is 0 Å². The second-order valence-corrected chi connectivity index (χ2v) is 4.38. The quantitative estimate of drug-likeness (QED) is 0.504. The van der Waals surface area contributed by atoms with E-state index in [9.17, 15) is 9.90 Å². The molecule has 1 heterocycles. The summed E-state index contributed by atoms with van der Waals surface area (Å²) in [7, 11) is 1.31. The van der Waals surface area contributed by atoms with Crippen LogP contribution in [-0.2, 0) is 14.3 Å². The van der Waals surface area contributed by atoms with Crippen molar-refractivity contribution >= 4 is 12.0 Å². The van der Waals surface area contributed by atoms with Gasteiger partial charge >= 0.3 is 5.97 Å². The molecule has 1 atom stereocenters. The number of aliphatic hydroxyl groups is 1. The molecule has 1 fully saturated rings. The largest absolute Gasteiger partial charge is 0.480 e. The molecule has 1 aromatic rings. The highest BCUT2D eigenvalue weighted by molar-refractivity contribution is 5.96. The summed E-state index contributed by atoms with van der Waals surface area (Å²) < 4.78 is 9.87. The van der Waals surface area contributed by atoms with Gasteiger partial charge in [-0.1, -0.05) is 36.4 Å². The Hall–Kier alpha value is -2.23. The number of cyclic esters (lactones) is 1. The molecule has 0 amide bonds. The summed E-state index contributed by atoms with van der Waals surface area (Å²) in [5.74, 6) is -0.959. The SMILES string of the molecule is CO/C(O)=C1\C(=O)OC(C)CC1=Cc1ccccc1. The van der Waals surface area contributed by atoms with Gasteiger partial charge in [0, 0.05) is 6.42 Å². The second kappa shape index (κ2) is 5.61. The third-order valence-corrected chi connectivity index (χ3v) is 2.89. The van der Waals surface area contributed by atoms with Crippen LogP contribution in [0.15, 0.2) is 47.4 Å². The van der Waals surface area contributed by atoms with Crippen molar-refractivity contribution in [1.29, 1.82) is 0 Å². The van der Waals surface area contributed by atoms with E-state index in [0.29, 0.717) is 12.0 Å². The molecule has 19 heavy (non-hydrogen) atoms. The molecule has 0 saturated carbocycles. The molecule has 1 saturated heterocycles. The zero-order valence-corrected chi connectivity index (χ0v) is 10.9. The molecule has 1 N–H and O–H groups in total. The third kappa shape index (κ3) is 2.96. The number of carbonyl (C=O) groups excluding carboxylic acids is 1. The first kappa shape index (κ1) is 13.2. The molecule has 4 heteroatoms. The Kier molecular flexibility index (Phi) is 3.90. The van der Waals surface area contributed by atoms with Crippen LogP contribution < -0.4 is 0 Å². The lowest BCUT2D eigenvalue weighted by Crippen LogP contribution is -2.26. The van der Waals surface area contributed by atoms with Crippen molar-refractivity contribution in [2.24, 2.45) is 0 Å². The molecular formula is C15H16O4. The standard InChI is InChI=1S/C15H16O4/c1-10-8-12(9-11-6-4-3-5-7-11)13(14(16)18-2)15(17)19-10/h3-7,9-10,16H,8H2,1-2H3/b12-9?,14-13-. The van der Waals surface area contributed by atoms with Gasteiger partial charge in [0.25, 0.3) is 5.95 Å². The molecule has 0 aliphatic carbocycles. The molecule has 0 bridgehead atoms. The minimum atomic E-state index is -0.555. The van der Waals surface area contributed by atoms with Crippen LogP contribution in [0.3, 0.4) is 0 Å². The number of rotatable bonds is 2. The van der Waals surface area contributed by atoms with Gasteiger partial charge in [-0.3, -0.25) is 0 Å². The van der Waals surface area contributed by atoms with Gasteiger partial charge in [-0.2, -0.15) is 0 Å². The maximum absolute atomic E-state index is 11.8. The lowest BCUT2D eigenvalue weighted by molar-refractivity contribution is -0.145. The van der Waals surface area contributed by atoms with Gasteiger partial charge < -0.3 is 14.6 Å². The number of esters is 1. The van der Waals surface area contributed by atoms with Gasteiger partial charge in [0.1, 0.15) is 11.7 Å². The van der Waals surface area contributed by atoms with E-state index < -0.39 is 11.9 Å². The monoisotopic (exact) mass is 260 g/mol. The molecular weight excluding hydrogens is 244 g/mol. The van der Waals surface area contributed by atoms with E-state index in [2.05, 4.69) is 0 Å². The maximum Gasteiger partial charge on any atom is 0.345 e. The lowest BCUT2D eigenvalue weighted by Gasteiger charge is -2.23. The zero-order chi connectivity index (χ0) is 13.8. The fourth-order valence-corrected chi connectivity index (χ4v) is 2.03. The van der Waals surface area contributed by atoms with Gasteiger partial charge in [-0.15, -0.1) is 0 Å². The third-order valence-electron chi connectivity index (χ3n) is 2.89. The van der Waals surface area contributed by atoms with Crippen LogP contribution in [-0.4, -0.2) is 24.3 Å². The van der Waals surface area contributed by atoms with E-state index in [4.69, 9.17) is 9.47 Å². The Morgan fingerprint density at radius 3 is 2.74 bits per heavy atom. The Morgan fingerprint density at radius 2 is 2.11 bits per heavy atom. The molecule has 1 unspecified atom stereocenters. The summed E-state index contributed by atoms with van der Waals surface area (Å²) in [6.07, 6.45) is 2.20. The number of ether oxygens (including phenoxy) is 2. The van der Waals surface area contributed by atoms with Crippen molar-refractivity contribution in [1.82, 2.24) is 0 Å². The Labute approximate surface area is 112 Å². The van der Waals surface area contributed by atoms with E-state index in [0.717, 1.165) is 5.56 Å². The second-order valence-electron chi connectivity index (χ2n) is 4.38. The van der Waals surface area contributed by atoms with Gasteiger partial charge in [0.05, 0.1) is 7.11 Å². The van der Waals surface area contributed by atoms with Crippen LogP contribution in [0, 0.1) is 0 Å². The molecule has 0 radical (unpaired) electrons. The topological polar surface area (TPSA) is 55.8 Å². The number of carbonyl (C=O) groups is 1. The molecule has 1 aliphatic rings. The smallest absolute Gasteiger partial charge is 0.345 e. The maximum atomic E-state index is 11.8. The average Bonchev–Trinajstić information content (AvgIpc) is 2.38. The highest BCUT2D eigenvalue weighted by Gasteiger charge is 2.30. The summed E-state index contributed by atoms with van der Waals surface area (Å²) in [5, 5.41) is 9.70. The fraction of sp³-hybridized carbons (Fsp3) is 0.267. The van der Waals surface area contributed by atoms with Gasteiger partial charge in [-0.25, -0.2) is 4.79 Å². The minimum absolute atomic E-state index is 0.101. The first-order valence-corrected chi connectivity index (χ1v) is 6.06. The lowest BCUT2D eigenvalue weighted by atomic mass is 9.95. The van der Waals surface area contributed by atoms with Crippen LogP contribution in [0.25, 0.3) is 6.08 Å². The molecule has 2 rings (SSSR count). The summed E-state index contributed by atoms with van der Waals surface area (Å²) >= 11 is 0. The zero-order valence-electron chi connectivity index (χ0n) is 10.9. The summed E-state index contributed by atoms with van der Waals surface area (Å²) in [6.45, 7) is 1.82. The highest BCUT2D eigenvalue weighted by atomic mass is 16.6. The van der Waals surface area contributed by atoms with Crippen LogP contribution in [0.1, 0.15) is 18.9 Å². The van der Waals surface area contributed by atoms with Crippen molar-refractivity contribution in [2.75, 3.05) is 7.11 Å². The number of methoxy groups -OCH3 is 1. The Bertz CT molecular complexity index is 528. The molecule has 4 nitrogen and oxygen atoms in total. The fourth-order valence-electron chi connectivity index (χ4n) is 2.03. The van der Waals surface area contributed by atoms with E-state index in [1.165, 1.54) is 7.11 Å². The molecule has 1 aromatic carbocycles. The Balaban J connectivity index is 2.45. The first-order valence-electron chi connectivity index (χ1n) is 6.06. The summed E-state index contributed by atoms with van der Waals surface area (Å²) in [4.78, 5) is 11.8. The predicted molar refractivity (Wildman–Crippen MR) is 71.3 cm³/mol.